The average molecular weight is 205 g/mol. The van der Waals surface area contributed by atoms with Gasteiger partial charge in [-0.3, -0.25) is 0 Å². The number of ether oxygens (including phenoxy) is 1. The Bertz CT molecular complexity index is 309. The van der Waals surface area contributed by atoms with Gasteiger partial charge in [-0.1, -0.05) is 37.8 Å². The standard InChI is InChI=1S/C13H19NO/c1-3-9-15-13-8-6-5-7-11(13)10-12(14)4-2/h3,5-8,12H,1,4,9-10,14H2,2H3. The summed E-state index contributed by atoms with van der Waals surface area (Å²) in [6.45, 7) is 6.27. The van der Waals surface area contributed by atoms with Gasteiger partial charge in [0.1, 0.15) is 12.4 Å². The molecule has 0 aromatic heterocycles. The molecule has 0 amide bonds. The molecule has 0 fully saturated rings. The molecule has 0 radical (unpaired) electrons. The van der Waals surface area contributed by atoms with E-state index >= 15 is 0 Å². The van der Waals surface area contributed by atoms with Crippen LogP contribution in [0.4, 0.5) is 0 Å². The van der Waals surface area contributed by atoms with E-state index in [2.05, 4.69) is 19.6 Å². The molecule has 1 aromatic carbocycles. The van der Waals surface area contributed by atoms with E-state index in [9.17, 15) is 0 Å². The van der Waals surface area contributed by atoms with Crippen molar-refractivity contribution in [2.45, 2.75) is 25.8 Å². The number of nitrogens with two attached hydrogens (primary N) is 1. The minimum absolute atomic E-state index is 0.207. The first kappa shape index (κ1) is 11.8. The molecule has 1 rings (SSSR count). The molecule has 2 nitrogen and oxygen atoms in total. The lowest BCUT2D eigenvalue weighted by molar-refractivity contribution is 0.358. The Balaban J connectivity index is 2.71. The van der Waals surface area contributed by atoms with E-state index in [1.165, 1.54) is 5.56 Å². The lowest BCUT2D eigenvalue weighted by atomic mass is 10.0. The van der Waals surface area contributed by atoms with Crippen LogP contribution in [0.15, 0.2) is 36.9 Å². The summed E-state index contributed by atoms with van der Waals surface area (Å²) in [6, 6.07) is 8.23. The zero-order valence-corrected chi connectivity index (χ0v) is 9.28. The summed E-state index contributed by atoms with van der Waals surface area (Å²) in [5, 5.41) is 0. The van der Waals surface area contributed by atoms with Crippen LogP contribution >= 0.6 is 0 Å². The highest BCUT2D eigenvalue weighted by Crippen LogP contribution is 2.19. The molecule has 0 saturated heterocycles. The summed E-state index contributed by atoms with van der Waals surface area (Å²) in [5.74, 6) is 0.918. The molecule has 15 heavy (non-hydrogen) atoms. The number of para-hydroxylation sites is 1. The SMILES string of the molecule is C=CCOc1ccccc1CC(N)CC. The Kier molecular flexibility index (Phi) is 4.91. The van der Waals surface area contributed by atoms with Crippen molar-refractivity contribution in [2.75, 3.05) is 6.61 Å². The van der Waals surface area contributed by atoms with Gasteiger partial charge in [-0.25, -0.2) is 0 Å². The average Bonchev–Trinajstić information content (AvgIpc) is 2.28. The van der Waals surface area contributed by atoms with Crippen molar-refractivity contribution in [3.63, 3.8) is 0 Å². The van der Waals surface area contributed by atoms with E-state index in [1.807, 2.05) is 18.2 Å². The van der Waals surface area contributed by atoms with E-state index in [-0.39, 0.29) is 6.04 Å². The highest BCUT2D eigenvalue weighted by Gasteiger charge is 2.06. The van der Waals surface area contributed by atoms with Crippen molar-refractivity contribution in [2.24, 2.45) is 5.73 Å². The third-order valence-electron chi connectivity index (χ3n) is 2.34. The molecule has 1 unspecified atom stereocenters. The summed E-state index contributed by atoms with van der Waals surface area (Å²) >= 11 is 0. The highest BCUT2D eigenvalue weighted by atomic mass is 16.5. The summed E-state index contributed by atoms with van der Waals surface area (Å²) < 4.78 is 5.56. The molecule has 82 valence electrons. The van der Waals surface area contributed by atoms with Gasteiger partial charge in [0.15, 0.2) is 0 Å². The Labute approximate surface area is 91.7 Å². The zero-order valence-electron chi connectivity index (χ0n) is 9.28. The molecule has 0 aliphatic heterocycles. The third-order valence-corrected chi connectivity index (χ3v) is 2.34. The van der Waals surface area contributed by atoms with Crippen molar-refractivity contribution in [1.82, 2.24) is 0 Å². The van der Waals surface area contributed by atoms with Crippen molar-refractivity contribution in [3.05, 3.63) is 42.5 Å². The van der Waals surface area contributed by atoms with Gasteiger partial charge in [0.25, 0.3) is 0 Å². The van der Waals surface area contributed by atoms with Crippen LogP contribution in [0.5, 0.6) is 5.75 Å². The van der Waals surface area contributed by atoms with Gasteiger partial charge in [-0.05, 0) is 24.5 Å². The first-order valence-electron chi connectivity index (χ1n) is 5.35. The van der Waals surface area contributed by atoms with Crippen LogP contribution in [-0.2, 0) is 6.42 Å². The monoisotopic (exact) mass is 205 g/mol. The lowest BCUT2D eigenvalue weighted by Gasteiger charge is -2.13. The number of benzene rings is 1. The van der Waals surface area contributed by atoms with Crippen LogP contribution in [-0.4, -0.2) is 12.6 Å². The second-order valence-corrected chi connectivity index (χ2v) is 3.58. The fraction of sp³-hybridized carbons (Fsp3) is 0.385. The van der Waals surface area contributed by atoms with Crippen LogP contribution in [0.2, 0.25) is 0 Å². The molecule has 0 heterocycles. The highest BCUT2D eigenvalue weighted by molar-refractivity contribution is 5.34. The van der Waals surface area contributed by atoms with E-state index < -0.39 is 0 Å². The molecule has 0 saturated carbocycles. The van der Waals surface area contributed by atoms with Gasteiger partial charge in [0, 0.05) is 6.04 Å². The molecule has 0 aliphatic carbocycles. The largest absolute Gasteiger partial charge is 0.489 e. The molecule has 0 spiro atoms. The summed E-state index contributed by atoms with van der Waals surface area (Å²) in [5.41, 5.74) is 7.10. The van der Waals surface area contributed by atoms with Crippen LogP contribution < -0.4 is 10.5 Å². The van der Waals surface area contributed by atoms with E-state index in [0.717, 1.165) is 18.6 Å². The Hall–Kier alpha value is -1.28. The first-order valence-corrected chi connectivity index (χ1v) is 5.35. The fourth-order valence-corrected chi connectivity index (χ4v) is 1.39. The van der Waals surface area contributed by atoms with Gasteiger partial charge in [0.2, 0.25) is 0 Å². The molecule has 0 aliphatic rings. The number of rotatable bonds is 6. The number of hydrogen-bond acceptors (Lipinski definition) is 2. The van der Waals surface area contributed by atoms with Gasteiger partial charge >= 0.3 is 0 Å². The summed E-state index contributed by atoms with van der Waals surface area (Å²) in [4.78, 5) is 0. The molecule has 1 aromatic rings. The minimum atomic E-state index is 0.207. The Morgan fingerprint density at radius 2 is 2.20 bits per heavy atom. The number of hydrogen-bond donors (Lipinski definition) is 1. The maximum Gasteiger partial charge on any atom is 0.123 e. The maximum absolute atomic E-state index is 5.93. The van der Waals surface area contributed by atoms with Crippen molar-refractivity contribution < 1.29 is 4.74 Å². The predicted octanol–water partition coefficient (Wildman–Crippen LogP) is 2.53. The van der Waals surface area contributed by atoms with E-state index in [1.54, 1.807) is 6.08 Å². The second-order valence-electron chi connectivity index (χ2n) is 3.58. The Morgan fingerprint density at radius 1 is 1.47 bits per heavy atom. The lowest BCUT2D eigenvalue weighted by Crippen LogP contribution is -2.21. The second kappa shape index (κ2) is 6.25. The Morgan fingerprint density at radius 3 is 2.87 bits per heavy atom. The van der Waals surface area contributed by atoms with E-state index in [4.69, 9.17) is 10.5 Å². The summed E-state index contributed by atoms with van der Waals surface area (Å²) in [7, 11) is 0. The maximum atomic E-state index is 5.93. The van der Waals surface area contributed by atoms with Gasteiger partial charge in [0.05, 0.1) is 0 Å². The zero-order chi connectivity index (χ0) is 11.1. The van der Waals surface area contributed by atoms with Crippen LogP contribution in [0.1, 0.15) is 18.9 Å². The third kappa shape index (κ3) is 3.76. The van der Waals surface area contributed by atoms with Crippen molar-refractivity contribution in [3.8, 4) is 5.75 Å². The van der Waals surface area contributed by atoms with Gasteiger partial charge in [-0.2, -0.15) is 0 Å². The molecule has 2 N–H and O–H groups in total. The quantitative estimate of drug-likeness (QED) is 0.724. The topological polar surface area (TPSA) is 35.2 Å². The van der Waals surface area contributed by atoms with Crippen LogP contribution in [0.25, 0.3) is 0 Å². The molecule has 2 heteroatoms. The molecule has 1 atom stereocenters. The van der Waals surface area contributed by atoms with E-state index in [0.29, 0.717) is 6.61 Å². The molecular weight excluding hydrogens is 186 g/mol. The van der Waals surface area contributed by atoms with Gasteiger partial charge in [-0.15, -0.1) is 0 Å². The van der Waals surface area contributed by atoms with Gasteiger partial charge < -0.3 is 10.5 Å². The van der Waals surface area contributed by atoms with Crippen molar-refractivity contribution in [1.29, 1.82) is 0 Å². The first-order chi connectivity index (χ1) is 7.27. The molecular formula is C13H19NO. The minimum Gasteiger partial charge on any atom is -0.489 e. The fourth-order valence-electron chi connectivity index (χ4n) is 1.39. The van der Waals surface area contributed by atoms with Crippen molar-refractivity contribution >= 4 is 0 Å². The predicted molar refractivity (Wildman–Crippen MR) is 64.1 cm³/mol. The van der Waals surface area contributed by atoms with Crippen LogP contribution in [0.3, 0.4) is 0 Å². The normalized spacial score (nSPS) is 12.1. The van der Waals surface area contributed by atoms with Crippen LogP contribution in [0, 0.1) is 0 Å². The molecule has 0 bridgehead atoms. The smallest absolute Gasteiger partial charge is 0.123 e. The summed E-state index contributed by atoms with van der Waals surface area (Å²) in [6.07, 6.45) is 3.59.